The van der Waals surface area contributed by atoms with Gasteiger partial charge in [-0.3, -0.25) is 24.3 Å². The van der Waals surface area contributed by atoms with Crippen LogP contribution in [0.25, 0.3) is 21.2 Å². The second-order valence-corrected chi connectivity index (χ2v) is 7.75. The molecule has 0 radical (unpaired) electrons. The van der Waals surface area contributed by atoms with Gasteiger partial charge < -0.3 is 5.73 Å². The quantitative estimate of drug-likeness (QED) is 0.476. The largest absolute Gasteiger partial charge is 0.384 e. The topological polar surface area (TPSA) is 137 Å². The summed E-state index contributed by atoms with van der Waals surface area (Å²) in [5, 5.41) is 15.7. The molecule has 0 saturated heterocycles. The van der Waals surface area contributed by atoms with Gasteiger partial charge in [-0.2, -0.15) is 9.61 Å². The molecule has 0 bridgehead atoms. The zero-order valence-electron chi connectivity index (χ0n) is 16.0. The Morgan fingerprint density at radius 3 is 2.70 bits per heavy atom. The summed E-state index contributed by atoms with van der Waals surface area (Å²) in [6.45, 7) is 3.82. The van der Waals surface area contributed by atoms with Crippen LogP contribution in [0.4, 0.5) is 5.82 Å². The number of nitrogens with one attached hydrogen (secondary N) is 1. The molecule has 0 spiro atoms. The first kappa shape index (κ1) is 18.2. The van der Waals surface area contributed by atoms with Crippen molar-refractivity contribution in [2.45, 2.75) is 20.3 Å². The Morgan fingerprint density at radius 2 is 1.93 bits per heavy atom. The molecule has 30 heavy (non-hydrogen) atoms. The standard InChI is InChI=1S/C19H15N7O3S/c1-3-12-22-23-19-26(12)24-18(30-19)9-5-4-6-11(8(9)2)25-13(27)7-10-14(15(25)20)17(29)21-16(10)28/h4-7H,3,20H2,1-2H3,(H,21,28,29). The molecule has 1 aromatic carbocycles. The summed E-state index contributed by atoms with van der Waals surface area (Å²) >= 11 is 1.38. The summed E-state index contributed by atoms with van der Waals surface area (Å²) in [6, 6.07) is 6.54. The Kier molecular flexibility index (Phi) is 3.83. The van der Waals surface area contributed by atoms with Crippen molar-refractivity contribution in [3.8, 4) is 16.3 Å². The number of carbonyl (C=O) groups excluding carboxylic acids is 2. The number of imide groups is 1. The summed E-state index contributed by atoms with van der Waals surface area (Å²) in [6.07, 6.45) is 0.700. The number of amides is 2. The maximum atomic E-state index is 12.8. The molecule has 3 aromatic heterocycles. The van der Waals surface area contributed by atoms with E-state index >= 15 is 0 Å². The number of pyridine rings is 1. The fourth-order valence-electron chi connectivity index (χ4n) is 3.61. The van der Waals surface area contributed by atoms with Crippen molar-refractivity contribution in [2.75, 3.05) is 5.73 Å². The third kappa shape index (κ3) is 2.42. The maximum Gasteiger partial charge on any atom is 0.262 e. The van der Waals surface area contributed by atoms with Crippen molar-refractivity contribution < 1.29 is 9.59 Å². The summed E-state index contributed by atoms with van der Waals surface area (Å²) in [5.41, 5.74) is 7.74. The van der Waals surface area contributed by atoms with Crippen LogP contribution in [0.1, 0.15) is 39.0 Å². The first-order chi connectivity index (χ1) is 14.4. The smallest absolute Gasteiger partial charge is 0.262 e. The molecule has 10 nitrogen and oxygen atoms in total. The third-order valence-electron chi connectivity index (χ3n) is 5.10. The average Bonchev–Trinajstić information content (AvgIpc) is 3.36. The molecule has 3 N–H and O–H groups in total. The lowest BCUT2D eigenvalue weighted by molar-refractivity contribution is 0.0880. The summed E-state index contributed by atoms with van der Waals surface area (Å²) in [7, 11) is 0. The monoisotopic (exact) mass is 421 g/mol. The minimum Gasteiger partial charge on any atom is -0.384 e. The van der Waals surface area contributed by atoms with Gasteiger partial charge in [0.1, 0.15) is 10.8 Å². The number of carbonyl (C=O) groups is 2. The van der Waals surface area contributed by atoms with Crippen LogP contribution in [0.3, 0.4) is 0 Å². The van der Waals surface area contributed by atoms with Crippen molar-refractivity contribution in [2.24, 2.45) is 0 Å². The summed E-state index contributed by atoms with van der Waals surface area (Å²) < 4.78 is 2.95. The molecule has 5 rings (SSSR count). The van der Waals surface area contributed by atoms with E-state index < -0.39 is 17.4 Å². The first-order valence-electron chi connectivity index (χ1n) is 9.13. The van der Waals surface area contributed by atoms with Crippen LogP contribution in [0.15, 0.2) is 29.1 Å². The van der Waals surface area contributed by atoms with E-state index in [9.17, 15) is 14.4 Å². The highest BCUT2D eigenvalue weighted by molar-refractivity contribution is 7.19. The third-order valence-corrected chi connectivity index (χ3v) is 6.03. The lowest BCUT2D eigenvalue weighted by Crippen LogP contribution is -2.24. The van der Waals surface area contributed by atoms with Crippen LogP contribution in [-0.4, -0.2) is 36.2 Å². The Labute approximate surface area is 173 Å². The van der Waals surface area contributed by atoms with Crippen LogP contribution in [0.5, 0.6) is 0 Å². The maximum absolute atomic E-state index is 12.8. The summed E-state index contributed by atoms with van der Waals surface area (Å²) in [5.74, 6) is -0.553. The van der Waals surface area contributed by atoms with Crippen LogP contribution < -0.4 is 16.6 Å². The molecule has 4 heterocycles. The lowest BCUT2D eigenvalue weighted by Gasteiger charge is -2.15. The van der Waals surface area contributed by atoms with Crippen LogP contribution in [-0.2, 0) is 6.42 Å². The molecule has 4 aromatic rings. The van der Waals surface area contributed by atoms with Gasteiger partial charge in [0.2, 0.25) is 4.96 Å². The van der Waals surface area contributed by atoms with Crippen molar-refractivity contribution in [1.29, 1.82) is 0 Å². The Bertz CT molecular complexity index is 1450. The molecule has 11 heteroatoms. The van der Waals surface area contributed by atoms with E-state index in [4.69, 9.17) is 5.73 Å². The average molecular weight is 421 g/mol. The highest BCUT2D eigenvalue weighted by Gasteiger charge is 2.32. The zero-order chi connectivity index (χ0) is 21.2. The van der Waals surface area contributed by atoms with Crippen molar-refractivity contribution >= 4 is 33.9 Å². The molecule has 2 amide bonds. The molecule has 0 fully saturated rings. The molecule has 1 aliphatic rings. The Morgan fingerprint density at radius 1 is 1.13 bits per heavy atom. The molecule has 150 valence electrons. The molecular formula is C19H15N7O3S. The first-order valence-corrected chi connectivity index (χ1v) is 9.95. The fraction of sp³-hybridized carbons (Fsp3) is 0.158. The number of hydrogen-bond acceptors (Lipinski definition) is 8. The SMILES string of the molecule is CCc1nnc2sc(-c3cccc(-n4c(N)c5c(cc4=O)C(=O)NC5=O)c3C)nn12. The van der Waals surface area contributed by atoms with Gasteiger partial charge >= 0.3 is 0 Å². The van der Waals surface area contributed by atoms with Crippen LogP contribution in [0.2, 0.25) is 0 Å². The van der Waals surface area contributed by atoms with E-state index in [1.807, 2.05) is 19.9 Å². The lowest BCUT2D eigenvalue weighted by atomic mass is 10.1. The van der Waals surface area contributed by atoms with Gasteiger partial charge in [-0.25, -0.2) is 0 Å². The highest BCUT2D eigenvalue weighted by Crippen LogP contribution is 2.32. The zero-order valence-corrected chi connectivity index (χ0v) is 16.8. The van der Waals surface area contributed by atoms with Crippen molar-refractivity contribution in [1.82, 2.24) is 29.7 Å². The molecular weight excluding hydrogens is 406 g/mol. The number of aromatic nitrogens is 5. The molecule has 0 atom stereocenters. The molecule has 0 saturated carbocycles. The van der Waals surface area contributed by atoms with Crippen LogP contribution in [0, 0.1) is 6.92 Å². The van der Waals surface area contributed by atoms with Gasteiger partial charge in [0, 0.05) is 18.1 Å². The van der Waals surface area contributed by atoms with E-state index in [1.54, 1.807) is 16.6 Å². The number of nitrogens with zero attached hydrogens (tertiary/aromatic N) is 5. The number of hydrogen-bond donors (Lipinski definition) is 2. The van der Waals surface area contributed by atoms with E-state index in [0.717, 1.165) is 28.0 Å². The van der Waals surface area contributed by atoms with Gasteiger partial charge in [-0.15, -0.1) is 10.2 Å². The Balaban J connectivity index is 1.72. The Hall–Kier alpha value is -3.86. The van der Waals surface area contributed by atoms with Gasteiger partial charge in [-0.05, 0) is 18.6 Å². The van der Waals surface area contributed by atoms with E-state index in [0.29, 0.717) is 17.1 Å². The van der Waals surface area contributed by atoms with E-state index in [1.165, 1.54) is 15.9 Å². The number of benzene rings is 1. The summed E-state index contributed by atoms with van der Waals surface area (Å²) in [4.78, 5) is 37.5. The minimum absolute atomic E-state index is 0.00620. The number of anilines is 1. The molecule has 1 aliphatic heterocycles. The van der Waals surface area contributed by atoms with E-state index in [2.05, 4.69) is 20.6 Å². The van der Waals surface area contributed by atoms with E-state index in [-0.39, 0.29) is 16.9 Å². The second-order valence-electron chi connectivity index (χ2n) is 6.80. The predicted molar refractivity (Wildman–Crippen MR) is 110 cm³/mol. The predicted octanol–water partition coefficient (Wildman–Crippen LogP) is 1.34. The normalized spacial score (nSPS) is 13.1. The van der Waals surface area contributed by atoms with Gasteiger partial charge in [0.15, 0.2) is 5.82 Å². The number of nitrogen functional groups attached to an aromatic ring is 1. The number of rotatable bonds is 3. The second kappa shape index (κ2) is 6.32. The van der Waals surface area contributed by atoms with Crippen molar-refractivity contribution in [3.05, 3.63) is 57.1 Å². The van der Waals surface area contributed by atoms with Gasteiger partial charge in [0.25, 0.3) is 17.4 Å². The number of nitrogens with two attached hydrogens (primary N) is 1. The highest BCUT2D eigenvalue weighted by atomic mass is 32.1. The molecule has 0 unspecified atom stereocenters. The van der Waals surface area contributed by atoms with Crippen molar-refractivity contribution in [3.63, 3.8) is 0 Å². The van der Waals surface area contributed by atoms with Gasteiger partial charge in [-0.1, -0.05) is 30.4 Å². The number of fused-ring (bicyclic) bond motifs is 2. The van der Waals surface area contributed by atoms with Crippen LogP contribution >= 0.6 is 11.3 Å². The molecule has 0 aliphatic carbocycles. The minimum atomic E-state index is -0.622. The fourth-order valence-corrected chi connectivity index (χ4v) is 4.55. The van der Waals surface area contributed by atoms with Gasteiger partial charge in [0.05, 0.1) is 16.8 Å². The number of aryl methyl sites for hydroxylation is 1.